The zero-order valence-corrected chi connectivity index (χ0v) is 51.3. The van der Waals surface area contributed by atoms with Crippen molar-refractivity contribution < 1.29 is 82.9 Å². The molecule has 3 unspecified atom stereocenters. The van der Waals surface area contributed by atoms with E-state index in [1.165, 1.54) is 26.2 Å². The van der Waals surface area contributed by atoms with E-state index >= 15 is 4.39 Å². The normalized spacial score (nSPS) is 50.3. The van der Waals surface area contributed by atoms with Gasteiger partial charge in [-0.05, 0) is 138 Å². The average molecular weight is 1150 g/mol. The number of aliphatic hydroxyl groups excluding tert-OH is 4. The third kappa shape index (κ3) is 11.9. The Labute approximate surface area is 480 Å². The maximum absolute atomic E-state index is 17.9. The summed E-state index contributed by atoms with van der Waals surface area (Å²) >= 11 is 0. The lowest BCUT2D eigenvalue weighted by Gasteiger charge is -2.62. The molecule has 3 heterocycles. The summed E-state index contributed by atoms with van der Waals surface area (Å²) in [6.45, 7) is 22.4. The SMILES string of the molecule is CC[C@H]1OC(=O)[C@H](C)[C@@H](O[C@@H]2C[C@](C)(OC)[C@H](O)[C@@H](C)O2)[C@H](C)[C@@H](O[C@@H]2O[C@H](C)C[C@@H](N(C)C)[C@H]2C)[C@H](O)CC(C)(O)CN(CCCNC(=O)[C@@]2(O)[C@H](C)CC3C4CCC5=CC(=O)C=C[C@]5(C)[C@@]4(F)[C@@H](O)C[C@@]32C)[C@H](C)[C@@H](O)[C@]1(C)O. The van der Waals surface area contributed by atoms with Crippen molar-refractivity contribution in [1.29, 1.82) is 0 Å². The molecule has 0 aromatic carbocycles. The van der Waals surface area contributed by atoms with Crippen LogP contribution in [-0.4, -0.2) is 212 Å². The van der Waals surface area contributed by atoms with Crippen LogP contribution < -0.4 is 5.32 Å². The zero-order valence-electron chi connectivity index (χ0n) is 51.3. The Morgan fingerprint density at radius 1 is 0.877 bits per heavy atom. The van der Waals surface area contributed by atoms with Crippen LogP contribution >= 0.6 is 0 Å². The third-order valence-electron chi connectivity index (χ3n) is 21.6. The van der Waals surface area contributed by atoms with Gasteiger partial charge in [0.2, 0.25) is 0 Å². The number of halogens is 1. The Kier molecular flexibility index (Phi) is 19.8. The molecule has 3 saturated carbocycles. The van der Waals surface area contributed by atoms with E-state index in [1.54, 1.807) is 80.2 Å². The number of fused-ring (bicyclic) bond motifs is 5. The Hall–Kier alpha value is -2.54. The van der Waals surface area contributed by atoms with Crippen LogP contribution in [0, 0.1) is 46.3 Å². The number of nitrogens with zero attached hydrogens (tertiary/aromatic N) is 2. The highest BCUT2D eigenvalue weighted by molar-refractivity contribution is 6.01. The van der Waals surface area contributed by atoms with Crippen molar-refractivity contribution in [2.75, 3.05) is 40.8 Å². The lowest BCUT2D eigenvalue weighted by molar-refractivity contribution is -0.308. The van der Waals surface area contributed by atoms with Crippen molar-refractivity contribution in [3.63, 3.8) is 0 Å². The summed E-state index contributed by atoms with van der Waals surface area (Å²) in [6, 6.07) is -0.906. The van der Waals surface area contributed by atoms with Gasteiger partial charge >= 0.3 is 5.97 Å². The van der Waals surface area contributed by atoms with E-state index in [2.05, 4.69) is 10.2 Å². The van der Waals surface area contributed by atoms with Crippen LogP contribution in [0.4, 0.5) is 4.39 Å². The van der Waals surface area contributed by atoms with Crippen LogP contribution in [0.15, 0.2) is 23.8 Å². The highest BCUT2D eigenvalue weighted by Gasteiger charge is 2.76. The lowest BCUT2D eigenvalue weighted by atomic mass is 9.44. The van der Waals surface area contributed by atoms with Gasteiger partial charge < -0.3 is 74.4 Å². The number of ether oxygens (including phenoxy) is 6. The number of aliphatic hydroxyl groups is 7. The number of rotatable bonds is 12. The molecule has 3 aliphatic heterocycles. The fraction of sp³-hybridized carbons (Fsp3) is 0.885. The average Bonchev–Trinajstić information content (AvgIpc) is 3.90. The van der Waals surface area contributed by atoms with Gasteiger partial charge in [0.1, 0.15) is 23.9 Å². The molecule has 8 N–H and O–H groups in total. The smallest absolute Gasteiger partial charge is 0.311 e. The molecule has 0 radical (unpaired) electrons. The van der Waals surface area contributed by atoms with Gasteiger partial charge in [-0.3, -0.25) is 19.3 Å². The fourth-order valence-electron chi connectivity index (χ4n) is 16.4. The number of esters is 1. The van der Waals surface area contributed by atoms with E-state index in [0.29, 0.717) is 24.8 Å². The predicted molar refractivity (Wildman–Crippen MR) is 299 cm³/mol. The predicted octanol–water partition coefficient (Wildman–Crippen LogP) is 4.13. The second-order valence-electron chi connectivity index (χ2n) is 27.5. The van der Waals surface area contributed by atoms with Crippen LogP contribution in [0.1, 0.15) is 148 Å². The van der Waals surface area contributed by atoms with Crippen molar-refractivity contribution in [2.45, 2.75) is 255 Å². The maximum atomic E-state index is 17.9. The summed E-state index contributed by atoms with van der Waals surface area (Å²) in [5, 5.41) is 88.7. The summed E-state index contributed by atoms with van der Waals surface area (Å²) in [6.07, 6.45) is -5.85. The first-order valence-electron chi connectivity index (χ1n) is 30.1. The van der Waals surface area contributed by atoms with Crippen LogP contribution in [0.2, 0.25) is 0 Å². The molecule has 0 aromatic heterocycles. The molecule has 20 heteroatoms. The topological polar surface area (TPSA) is 267 Å². The first-order valence-corrected chi connectivity index (χ1v) is 30.1. The van der Waals surface area contributed by atoms with Gasteiger partial charge in [-0.2, -0.15) is 0 Å². The number of β-amino-alcohol motifs (C(OH)–C–C–N with tert-alkyl or cyclic N) is 1. The molecule has 464 valence electrons. The van der Waals surface area contributed by atoms with E-state index in [1.807, 2.05) is 27.9 Å². The number of nitrogens with one attached hydrogen (secondary N) is 1. The van der Waals surface area contributed by atoms with Gasteiger partial charge in [-0.15, -0.1) is 0 Å². The minimum Gasteiger partial charge on any atom is -0.459 e. The van der Waals surface area contributed by atoms with Crippen molar-refractivity contribution in [1.82, 2.24) is 15.1 Å². The number of amides is 1. The molecule has 0 spiro atoms. The standard InChI is InChI=1S/C61H102FN3O16/c1-17-46-59(13,74)50(69)37(7)65(24-18-23-63-54(72)61(75)32(2)25-42-41-20-19-39-27-40(66)21-22-56(39,10)60(41,62)45(68)29-57(42,61)11)31-55(9,73)28-44(67)49(81-53-34(4)43(64(14)15)26-33(3)77-53)35(5)48(36(6)52(71)79-46)80-47-30-58(12,76-16)51(70)38(8)78-47/h21-22,27,32-38,41-51,53,67-70,73-75H,17-20,23-26,28-31H2,1-16H3,(H,63,72)/t32-,33-,34-,35+,36-,37-,38-,41?,42?,43-,44-,45+,46-,47-,48+,49-,50-,51-,53+,55?,56+,57+,58+,59-,60+,61+/m1/s1. The number of carbonyl (C=O) groups excluding carboxylic acids is 3. The van der Waals surface area contributed by atoms with Gasteiger partial charge in [0, 0.05) is 80.3 Å². The van der Waals surface area contributed by atoms with Gasteiger partial charge in [-0.25, -0.2) is 4.39 Å². The van der Waals surface area contributed by atoms with Crippen molar-refractivity contribution in [2.24, 2.45) is 46.3 Å². The van der Waals surface area contributed by atoms with Gasteiger partial charge in [0.05, 0.1) is 53.7 Å². The molecule has 3 saturated heterocycles. The second-order valence-corrected chi connectivity index (χ2v) is 27.5. The van der Waals surface area contributed by atoms with Crippen LogP contribution in [0.25, 0.3) is 0 Å². The molecule has 7 rings (SSSR count). The largest absolute Gasteiger partial charge is 0.459 e. The van der Waals surface area contributed by atoms with E-state index < -0.39 is 148 Å². The van der Waals surface area contributed by atoms with E-state index in [4.69, 9.17) is 28.4 Å². The van der Waals surface area contributed by atoms with E-state index in [0.717, 1.165) is 6.42 Å². The molecule has 6 fully saturated rings. The summed E-state index contributed by atoms with van der Waals surface area (Å²) in [5.74, 6) is -5.61. The fourth-order valence-corrected chi connectivity index (χ4v) is 16.4. The summed E-state index contributed by atoms with van der Waals surface area (Å²) in [5.41, 5.74) is -10.8. The van der Waals surface area contributed by atoms with Gasteiger partial charge in [0.25, 0.3) is 5.91 Å². The summed E-state index contributed by atoms with van der Waals surface area (Å²) < 4.78 is 56.4. The summed E-state index contributed by atoms with van der Waals surface area (Å²) in [7, 11) is 5.45. The number of ketones is 1. The van der Waals surface area contributed by atoms with Crippen LogP contribution in [0.5, 0.6) is 0 Å². The molecule has 0 bridgehead atoms. The highest BCUT2D eigenvalue weighted by atomic mass is 19.1. The van der Waals surface area contributed by atoms with Gasteiger partial charge in [0.15, 0.2) is 29.6 Å². The maximum Gasteiger partial charge on any atom is 0.311 e. The molecular weight excluding hydrogens is 1050 g/mol. The number of allylic oxidation sites excluding steroid dienone is 4. The van der Waals surface area contributed by atoms with Crippen molar-refractivity contribution in [3.8, 4) is 0 Å². The molecule has 1 amide bonds. The number of alkyl halides is 1. The number of cyclic esters (lactones) is 1. The summed E-state index contributed by atoms with van der Waals surface area (Å²) in [4.78, 5) is 45.6. The molecule has 81 heavy (non-hydrogen) atoms. The number of hydrogen-bond acceptors (Lipinski definition) is 18. The third-order valence-corrected chi connectivity index (χ3v) is 21.6. The number of hydrogen-bond donors (Lipinski definition) is 8. The molecule has 4 aliphatic carbocycles. The molecule has 0 aromatic rings. The minimum atomic E-state index is -2.14. The van der Waals surface area contributed by atoms with Crippen LogP contribution in [-0.2, 0) is 42.8 Å². The Morgan fingerprint density at radius 3 is 2.17 bits per heavy atom. The first-order chi connectivity index (χ1) is 37.5. The Bertz CT molecular complexity index is 2310. The van der Waals surface area contributed by atoms with E-state index in [-0.39, 0.29) is 75.6 Å². The Morgan fingerprint density at radius 2 is 1.54 bits per heavy atom. The number of methoxy groups -OCH3 is 1. The molecular formula is C61H102FN3O16. The highest BCUT2D eigenvalue weighted by Crippen LogP contribution is 2.70. The van der Waals surface area contributed by atoms with Crippen LogP contribution in [0.3, 0.4) is 0 Å². The van der Waals surface area contributed by atoms with E-state index in [9.17, 15) is 50.1 Å². The quantitative estimate of drug-likeness (QED) is 0.101. The minimum absolute atomic E-state index is 0.0129. The molecule has 19 nitrogen and oxygen atoms in total. The lowest BCUT2D eigenvalue weighted by Crippen LogP contribution is -2.70. The number of carbonyl (C=O) groups is 3. The first kappa shape index (κ1) is 66.0. The Balaban J connectivity index is 1.16. The molecule has 7 aliphatic rings. The molecule has 26 atom stereocenters. The van der Waals surface area contributed by atoms with Crippen molar-refractivity contribution >= 4 is 17.7 Å². The van der Waals surface area contributed by atoms with Gasteiger partial charge in [-0.1, -0.05) is 46.3 Å². The monoisotopic (exact) mass is 1150 g/mol. The second kappa shape index (κ2) is 24.3. The zero-order chi connectivity index (χ0) is 60.5. The van der Waals surface area contributed by atoms with Crippen molar-refractivity contribution in [3.05, 3.63) is 23.8 Å².